The summed E-state index contributed by atoms with van der Waals surface area (Å²) in [5, 5.41) is 24.7. The lowest BCUT2D eigenvalue weighted by Gasteiger charge is -2.27. The molecular formula is C67H38N6. The molecule has 0 spiro atoms. The standard InChI is InChI=1S/C67H38N6/c68-39-40-37-50-49-27-9-18-36-60(49)73-62(50)51(38-40)61-63(69-52-28-10-1-19-41(52)42-20-2-11-29-53(42)69)65(70-54-30-12-3-21-43(54)44-22-4-13-31-55(44)70)67(72-58-34-16-7-25-47(58)48-26-8-17-35-59(48)72)66(64(61)73)71-56-32-14-5-23-45(56)46-24-6-15-33-57(46)71/h1-38H. The van der Waals surface area contributed by atoms with Gasteiger partial charge in [-0.1, -0.05) is 164 Å². The van der Waals surface area contributed by atoms with Crippen molar-refractivity contribution in [1.82, 2.24) is 22.7 Å². The molecule has 0 bridgehead atoms. The molecule has 0 aliphatic carbocycles. The van der Waals surface area contributed by atoms with Crippen LogP contribution >= 0.6 is 0 Å². The van der Waals surface area contributed by atoms with Gasteiger partial charge in [-0.05, 0) is 66.7 Å². The minimum atomic E-state index is 0.620. The minimum absolute atomic E-state index is 0.620. The van der Waals surface area contributed by atoms with Gasteiger partial charge in [-0.3, -0.25) is 0 Å². The van der Waals surface area contributed by atoms with E-state index >= 15 is 0 Å². The predicted octanol–water partition coefficient (Wildman–Crippen LogP) is 17.1. The third-order valence-corrected chi connectivity index (χ3v) is 16.0. The van der Waals surface area contributed by atoms with Crippen LogP contribution in [0.3, 0.4) is 0 Å². The van der Waals surface area contributed by atoms with Crippen LogP contribution in [0.5, 0.6) is 0 Å². The van der Waals surface area contributed by atoms with Crippen molar-refractivity contribution in [3.05, 3.63) is 236 Å². The number of rotatable bonds is 4. The molecule has 73 heavy (non-hydrogen) atoms. The Bertz CT molecular complexity index is 5080. The lowest BCUT2D eigenvalue weighted by Crippen LogP contribution is -2.14. The van der Waals surface area contributed by atoms with E-state index in [2.05, 4.69) is 259 Å². The fraction of sp³-hybridized carbons (Fsp3) is 0. The third kappa shape index (κ3) is 4.81. The molecule has 17 rings (SSSR count). The number of hydrogen-bond donors (Lipinski definition) is 0. The zero-order chi connectivity index (χ0) is 47.6. The van der Waals surface area contributed by atoms with Crippen molar-refractivity contribution in [2.75, 3.05) is 0 Å². The summed E-state index contributed by atoms with van der Waals surface area (Å²) in [6.07, 6.45) is 0. The van der Waals surface area contributed by atoms with Gasteiger partial charge in [-0.25, -0.2) is 0 Å². The summed E-state index contributed by atoms with van der Waals surface area (Å²) in [5.74, 6) is 0. The van der Waals surface area contributed by atoms with Gasteiger partial charge >= 0.3 is 0 Å². The molecule has 0 N–H and O–H groups in total. The molecule has 0 aliphatic heterocycles. The fourth-order valence-corrected chi connectivity index (χ4v) is 13.3. The van der Waals surface area contributed by atoms with Crippen LogP contribution in [0.25, 0.3) is 148 Å². The van der Waals surface area contributed by atoms with E-state index in [1.807, 2.05) is 0 Å². The molecule has 0 amide bonds. The Morgan fingerprint density at radius 2 is 0.507 bits per heavy atom. The van der Waals surface area contributed by atoms with Crippen LogP contribution in [0.15, 0.2) is 231 Å². The summed E-state index contributed by atoms with van der Waals surface area (Å²) in [4.78, 5) is 0. The lowest BCUT2D eigenvalue weighted by molar-refractivity contribution is 1.03. The number of nitrogens with zero attached hydrogens (tertiary/aromatic N) is 6. The first-order valence-electron chi connectivity index (χ1n) is 24.9. The number of fused-ring (bicyclic) bond motifs is 18. The molecule has 17 aromatic rings. The van der Waals surface area contributed by atoms with Crippen LogP contribution in [0, 0.1) is 11.3 Å². The second-order valence-corrected chi connectivity index (χ2v) is 19.5. The van der Waals surface area contributed by atoms with E-state index in [-0.39, 0.29) is 0 Å². The molecule has 0 saturated heterocycles. The maximum atomic E-state index is 11.1. The molecule has 6 aromatic heterocycles. The van der Waals surface area contributed by atoms with E-state index < -0.39 is 0 Å². The van der Waals surface area contributed by atoms with Crippen molar-refractivity contribution >= 4 is 125 Å². The van der Waals surface area contributed by atoms with E-state index in [1.165, 1.54) is 43.1 Å². The second-order valence-electron chi connectivity index (χ2n) is 19.5. The number of aromatic nitrogens is 5. The molecule has 0 aliphatic rings. The monoisotopic (exact) mass is 926 g/mol. The van der Waals surface area contributed by atoms with Gasteiger partial charge in [0.05, 0.1) is 95.1 Å². The van der Waals surface area contributed by atoms with Crippen LogP contribution in [0.2, 0.25) is 0 Å². The molecule has 0 saturated carbocycles. The van der Waals surface area contributed by atoms with Crippen molar-refractivity contribution in [3.8, 4) is 28.8 Å². The first-order chi connectivity index (χ1) is 36.3. The van der Waals surface area contributed by atoms with Gasteiger partial charge in [0.25, 0.3) is 0 Å². The van der Waals surface area contributed by atoms with Crippen LogP contribution in [-0.4, -0.2) is 22.7 Å². The van der Waals surface area contributed by atoms with E-state index in [1.54, 1.807) is 0 Å². The quantitative estimate of drug-likeness (QED) is 0.173. The molecule has 11 aromatic carbocycles. The van der Waals surface area contributed by atoms with Crippen molar-refractivity contribution in [2.24, 2.45) is 0 Å². The highest BCUT2D eigenvalue weighted by Gasteiger charge is 2.35. The molecule has 6 heterocycles. The molecule has 336 valence electrons. The van der Waals surface area contributed by atoms with Gasteiger partial charge in [-0.15, -0.1) is 0 Å². The Balaban J connectivity index is 1.31. The Morgan fingerprint density at radius 3 is 0.849 bits per heavy atom. The molecule has 0 atom stereocenters. The number of nitriles is 1. The molecule has 6 heteroatoms. The molecule has 0 unspecified atom stereocenters. The highest BCUT2D eigenvalue weighted by Crippen LogP contribution is 2.54. The Labute approximate surface area is 416 Å². The van der Waals surface area contributed by atoms with Gasteiger partial charge in [0.2, 0.25) is 0 Å². The molecule has 0 radical (unpaired) electrons. The first-order valence-corrected chi connectivity index (χ1v) is 24.9. The van der Waals surface area contributed by atoms with Gasteiger partial charge in [0.15, 0.2) is 0 Å². The second kappa shape index (κ2) is 14.0. The molecular weight excluding hydrogens is 889 g/mol. The smallest absolute Gasteiger partial charge is 0.0992 e. The largest absolute Gasteiger partial charge is 0.306 e. The van der Waals surface area contributed by atoms with Crippen molar-refractivity contribution in [3.63, 3.8) is 0 Å². The maximum Gasteiger partial charge on any atom is 0.0992 e. The van der Waals surface area contributed by atoms with Crippen LogP contribution in [-0.2, 0) is 0 Å². The number of benzene rings is 11. The number of hydrogen-bond acceptors (Lipinski definition) is 1. The maximum absolute atomic E-state index is 11.1. The van der Waals surface area contributed by atoms with E-state index in [9.17, 15) is 5.26 Å². The van der Waals surface area contributed by atoms with Crippen molar-refractivity contribution in [2.45, 2.75) is 0 Å². The topological polar surface area (TPSA) is 47.9 Å². The summed E-state index contributed by atoms with van der Waals surface area (Å²) < 4.78 is 12.8. The normalized spacial score (nSPS) is 12.4. The summed E-state index contributed by atoms with van der Waals surface area (Å²) in [6, 6.07) is 86.8. The van der Waals surface area contributed by atoms with Gasteiger partial charge in [0, 0.05) is 64.6 Å². The van der Waals surface area contributed by atoms with Gasteiger partial charge < -0.3 is 22.7 Å². The molecule has 6 nitrogen and oxygen atoms in total. The summed E-state index contributed by atoms with van der Waals surface area (Å²) >= 11 is 0. The SMILES string of the molecule is N#Cc1cc2c3ccccc3n3c4c(-n5c6ccccc6c6ccccc65)c(-n5c6ccccc6c6ccccc65)c(-n5c6ccccc6c6ccccc65)c(-n5c6ccccc6c6ccccc65)c4c(c1)c23. The molecule has 0 fully saturated rings. The zero-order valence-corrected chi connectivity index (χ0v) is 39.1. The third-order valence-electron chi connectivity index (χ3n) is 16.0. The van der Waals surface area contributed by atoms with Crippen LogP contribution in [0.1, 0.15) is 5.56 Å². The minimum Gasteiger partial charge on any atom is -0.306 e. The Kier molecular flexibility index (Phi) is 7.45. The number of para-hydroxylation sites is 9. The van der Waals surface area contributed by atoms with Crippen LogP contribution < -0.4 is 0 Å². The Morgan fingerprint density at radius 1 is 0.247 bits per heavy atom. The van der Waals surface area contributed by atoms with E-state index in [4.69, 9.17) is 0 Å². The average molecular weight is 927 g/mol. The highest BCUT2D eigenvalue weighted by atomic mass is 15.2. The van der Waals surface area contributed by atoms with Crippen molar-refractivity contribution in [1.29, 1.82) is 5.26 Å². The van der Waals surface area contributed by atoms with E-state index in [0.29, 0.717) is 5.56 Å². The predicted molar refractivity (Wildman–Crippen MR) is 303 cm³/mol. The van der Waals surface area contributed by atoms with Crippen LogP contribution in [0.4, 0.5) is 0 Å². The average Bonchev–Trinajstić information content (AvgIpc) is 4.30. The zero-order valence-electron chi connectivity index (χ0n) is 39.1. The lowest BCUT2D eigenvalue weighted by atomic mass is 10.00. The Hall–Kier alpha value is -10.1. The summed E-state index contributed by atoms with van der Waals surface area (Å²) in [5.41, 5.74) is 16.8. The summed E-state index contributed by atoms with van der Waals surface area (Å²) in [6.45, 7) is 0. The highest BCUT2D eigenvalue weighted by molar-refractivity contribution is 6.30. The summed E-state index contributed by atoms with van der Waals surface area (Å²) in [7, 11) is 0. The fourth-order valence-electron chi connectivity index (χ4n) is 13.3. The van der Waals surface area contributed by atoms with E-state index in [0.717, 1.165) is 105 Å². The van der Waals surface area contributed by atoms with Crippen molar-refractivity contribution < 1.29 is 0 Å². The first kappa shape index (κ1) is 38.7. The van der Waals surface area contributed by atoms with Gasteiger partial charge in [0.1, 0.15) is 0 Å². The van der Waals surface area contributed by atoms with Gasteiger partial charge in [-0.2, -0.15) is 5.26 Å².